The number of carbonyl (C=O) groups is 2. The van der Waals surface area contributed by atoms with E-state index in [0.29, 0.717) is 12.8 Å². The molecule has 41 heavy (non-hydrogen) atoms. The predicted molar refractivity (Wildman–Crippen MR) is 166 cm³/mol. The summed E-state index contributed by atoms with van der Waals surface area (Å²) in [5.41, 5.74) is 0. The third-order valence-electron chi connectivity index (χ3n) is 7.03. The molecule has 0 aliphatic heterocycles. The van der Waals surface area contributed by atoms with E-state index in [2.05, 4.69) is 30.5 Å². The van der Waals surface area contributed by atoms with Crippen molar-refractivity contribution in [1.82, 2.24) is 0 Å². The van der Waals surface area contributed by atoms with Crippen LogP contribution in [0, 0.1) is 0 Å². The maximum Gasteiger partial charge on any atom is 0.469 e. The molecule has 0 rings (SSSR count). The lowest BCUT2D eigenvalue weighted by molar-refractivity contribution is -0.161. The standard InChI is InChI=1S/C32H61O8P/c1-3-5-7-9-11-13-15-16-17-19-20-22-24-26-31(33)38-28-30(29-39-41(35,36)37)40-32(34)27-25-23-21-18-14-12-10-8-6-4-2/h16-17,30H,3-15,18-29H2,1-2H3,(H2,35,36,37)/b17-16+/t30-/m1/s1. The van der Waals surface area contributed by atoms with E-state index in [-0.39, 0.29) is 19.4 Å². The normalized spacial score (nSPS) is 12.6. The van der Waals surface area contributed by atoms with Crippen LogP contribution in [0.4, 0.5) is 0 Å². The first kappa shape index (κ1) is 39.8. The lowest BCUT2D eigenvalue weighted by atomic mass is 10.1. The van der Waals surface area contributed by atoms with Crippen LogP contribution in [-0.2, 0) is 28.2 Å². The molecule has 0 spiro atoms. The lowest BCUT2D eigenvalue weighted by Crippen LogP contribution is -2.29. The minimum absolute atomic E-state index is 0.213. The van der Waals surface area contributed by atoms with E-state index in [1.54, 1.807) is 0 Å². The molecule has 242 valence electrons. The van der Waals surface area contributed by atoms with Crippen LogP contribution in [0.2, 0.25) is 0 Å². The molecule has 0 saturated carbocycles. The molecule has 9 heteroatoms. The van der Waals surface area contributed by atoms with Crippen molar-refractivity contribution in [3.05, 3.63) is 12.2 Å². The number of unbranched alkanes of at least 4 members (excludes halogenated alkanes) is 18. The molecule has 0 aliphatic carbocycles. The fourth-order valence-electron chi connectivity index (χ4n) is 4.54. The molecule has 1 atom stereocenters. The summed E-state index contributed by atoms with van der Waals surface area (Å²) in [5.74, 6) is -0.903. The minimum atomic E-state index is -4.74. The Hall–Kier alpha value is -1.21. The second-order valence-corrected chi connectivity index (χ2v) is 12.4. The molecule has 0 amide bonds. The number of phosphoric acid groups is 1. The molecule has 0 saturated heterocycles. The van der Waals surface area contributed by atoms with Crippen LogP contribution >= 0.6 is 7.82 Å². The van der Waals surface area contributed by atoms with Crippen molar-refractivity contribution in [3.63, 3.8) is 0 Å². The zero-order chi connectivity index (χ0) is 30.4. The third kappa shape index (κ3) is 31.6. The Bertz CT molecular complexity index is 691. The molecule has 0 heterocycles. The average molecular weight is 605 g/mol. The number of carbonyl (C=O) groups excluding carboxylic acids is 2. The summed E-state index contributed by atoms with van der Waals surface area (Å²) in [7, 11) is -4.74. The molecule has 0 unspecified atom stereocenters. The average Bonchev–Trinajstić information content (AvgIpc) is 2.93. The van der Waals surface area contributed by atoms with Crippen LogP contribution in [0.3, 0.4) is 0 Å². The number of hydrogen-bond donors (Lipinski definition) is 2. The number of esters is 2. The van der Waals surface area contributed by atoms with Gasteiger partial charge in [0.1, 0.15) is 6.61 Å². The lowest BCUT2D eigenvalue weighted by Gasteiger charge is -2.18. The van der Waals surface area contributed by atoms with Crippen molar-refractivity contribution < 1.29 is 37.9 Å². The fraction of sp³-hybridized carbons (Fsp3) is 0.875. The highest BCUT2D eigenvalue weighted by molar-refractivity contribution is 7.46. The third-order valence-corrected chi connectivity index (χ3v) is 7.52. The van der Waals surface area contributed by atoms with Gasteiger partial charge >= 0.3 is 19.8 Å². The molecule has 2 N–H and O–H groups in total. The molecular formula is C32H61O8P. The Balaban J connectivity index is 4.03. The second-order valence-electron chi connectivity index (χ2n) is 11.1. The number of hydrogen-bond acceptors (Lipinski definition) is 6. The number of allylic oxidation sites excluding steroid dienone is 2. The number of phosphoric ester groups is 1. The Morgan fingerprint density at radius 3 is 1.51 bits per heavy atom. The Morgan fingerprint density at radius 2 is 1.02 bits per heavy atom. The van der Waals surface area contributed by atoms with Gasteiger partial charge in [-0.1, -0.05) is 122 Å². The van der Waals surface area contributed by atoms with E-state index in [9.17, 15) is 14.2 Å². The number of rotatable bonds is 30. The van der Waals surface area contributed by atoms with Crippen LogP contribution in [0.25, 0.3) is 0 Å². The Morgan fingerprint density at radius 1 is 0.610 bits per heavy atom. The van der Waals surface area contributed by atoms with E-state index in [0.717, 1.165) is 44.9 Å². The SMILES string of the molecule is CCCCCCCC/C=C/CCCCCC(=O)OC[C@H](COP(=O)(O)O)OC(=O)CCCCCCCCCCCC. The zero-order valence-electron chi connectivity index (χ0n) is 26.2. The minimum Gasteiger partial charge on any atom is -0.462 e. The van der Waals surface area contributed by atoms with Crippen molar-refractivity contribution in [2.24, 2.45) is 0 Å². The molecule has 0 fully saturated rings. The van der Waals surface area contributed by atoms with Gasteiger partial charge in [0, 0.05) is 12.8 Å². The van der Waals surface area contributed by atoms with Gasteiger partial charge in [-0.3, -0.25) is 14.1 Å². The molecule has 0 aromatic rings. The maximum absolute atomic E-state index is 12.2. The summed E-state index contributed by atoms with van der Waals surface area (Å²) >= 11 is 0. The van der Waals surface area contributed by atoms with Crippen LogP contribution in [0.15, 0.2) is 12.2 Å². The summed E-state index contributed by atoms with van der Waals surface area (Å²) < 4.78 is 26.1. The second kappa shape index (κ2) is 28.9. The van der Waals surface area contributed by atoms with Gasteiger partial charge in [-0.2, -0.15) is 0 Å². The smallest absolute Gasteiger partial charge is 0.462 e. The van der Waals surface area contributed by atoms with E-state index < -0.39 is 32.5 Å². The van der Waals surface area contributed by atoms with E-state index in [4.69, 9.17) is 19.3 Å². The first-order valence-electron chi connectivity index (χ1n) is 16.5. The zero-order valence-corrected chi connectivity index (χ0v) is 27.1. The molecule has 0 radical (unpaired) electrons. The fourth-order valence-corrected chi connectivity index (χ4v) is 4.90. The van der Waals surface area contributed by atoms with Gasteiger partial charge in [-0.15, -0.1) is 0 Å². The summed E-state index contributed by atoms with van der Waals surface area (Å²) in [6.45, 7) is 3.62. The van der Waals surface area contributed by atoms with Gasteiger partial charge in [0.2, 0.25) is 0 Å². The van der Waals surface area contributed by atoms with Crippen molar-refractivity contribution in [1.29, 1.82) is 0 Å². The predicted octanol–water partition coefficient (Wildman–Crippen LogP) is 9.12. The van der Waals surface area contributed by atoms with E-state index in [1.807, 2.05) is 0 Å². The quantitative estimate of drug-likeness (QED) is 0.0360. The van der Waals surface area contributed by atoms with Crippen molar-refractivity contribution in [3.8, 4) is 0 Å². The van der Waals surface area contributed by atoms with Crippen LogP contribution in [0.5, 0.6) is 0 Å². The summed E-state index contributed by atoms with van der Waals surface area (Å²) in [4.78, 5) is 42.4. The topological polar surface area (TPSA) is 119 Å². The van der Waals surface area contributed by atoms with Crippen molar-refractivity contribution in [2.45, 2.75) is 168 Å². The van der Waals surface area contributed by atoms with Gasteiger partial charge in [-0.05, 0) is 38.5 Å². The van der Waals surface area contributed by atoms with E-state index >= 15 is 0 Å². The summed E-state index contributed by atoms with van der Waals surface area (Å²) in [5, 5.41) is 0. The highest BCUT2D eigenvalue weighted by atomic mass is 31.2. The van der Waals surface area contributed by atoms with Gasteiger partial charge in [-0.25, -0.2) is 4.57 Å². The molecule has 8 nitrogen and oxygen atoms in total. The van der Waals surface area contributed by atoms with Gasteiger partial charge in [0.25, 0.3) is 0 Å². The highest BCUT2D eigenvalue weighted by Crippen LogP contribution is 2.35. The number of ether oxygens (including phenoxy) is 2. The van der Waals surface area contributed by atoms with Gasteiger partial charge < -0.3 is 19.3 Å². The molecule has 0 aromatic heterocycles. The van der Waals surface area contributed by atoms with Crippen molar-refractivity contribution in [2.75, 3.05) is 13.2 Å². The van der Waals surface area contributed by atoms with Gasteiger partial charge in [0.15, 0.2) is 6.10 Å². The van der Waals surface area contributed by atoms with Crippen molar-refractivity contribution >= 4 is 19.8 Å². The van der Waals surface area contributed by atoms with Crippen LogP contribution in [-0.4, -0.2) is 41.0 Å². The Kier molecular flexibility index (Phi) is 28.0. The summed E-state index contributed by atoms with van der Waals surface area (Å²) in [6, 6.07) is 0. The first-order valence-corrected chi connectivity index (χ1v) is 18.0. The first-order chi connectivity index (χ1) is 19.8. The van der Waals surface area contributed by atoms with Crippen LogP contribution in [0.1, 0.15) is 162 Å². The summed E-state index contributed by atoms with van der Waals surface area (Å²) in [6.07, 6.45) is 28.0. The molecule has 0 aromatic carbocycles. The monoisotopic (exact) mass is 604 g/mol. The van der Waals surface area contributed by atoms with Crippen LogP contribution < -0.4 is 0 Å². The Labute approximate surface area is 250 Å². The highest BCUT2D eigenvalue weighted by Gasteiger charge is 2.22. The molecule has 0 aliphatic rings. The largest absolute Gasteiger partial charge is 0.469 e. The molecule has 0 bridgehead atoms. The van der Waals surface area contributed by atoms with E-state index in [1.165, 1.54) is 77.0 Å². The van der Waals surface area contributed by atoms with Gasteiger partial charge in [0.05, 0.1) is 6.61 Å². The molecular weight excluding hydrogens is 543 g/mol. The maximum atomic E-state index is 12.2.